The van der Waals surface area contributed by atoms with Crippen molar-refractivity contribution in [1.82, 2.24) is 0 Å². The molecule has 1 nitrogen and oxygen atoms in total. The first-order chi connectivity index (χ1) is 5.06. The highest BCUT2D eigenvalue weighted by Crippen LogP contribution is 2.28. The van der Waals surface area contributed by atoms with E-state index in [-0.39, 0.29) is 12.0 Å². The lowest BCUT2D eigenvalue weighted by Crippen LogP contribution is -2.20. The summed E-state index contributed by atoms with van der Waals surface area (Å²) in [5.74, 6) is 0. The van der Waals surface area contributed by atoms with Crippen molar-refractivity contribution >= 4 is 11.3 Å². The first-order valence-electron chi connectivity index (χ1n) is 3.74. The molecule has 0 saturated heterocycles. The average molecular weight is 170 g/mol. The zero-order chi connectivity index (χ0) is 8.48. The molecule has 0 aliphatic heterocycles. The summed E-state index contributed by atoms with van der Waals surface area (Å²) in [4.78, 5) is 2.57. The van der Waals surface area contributed by atoms with E-state index in [1.807, 2.05) is 0 Å². The van der Waals surface area contributed by atoms with E-state index in [4.69, 9.17) is 5.11 Å². The van der Waals surface area contributed by atoms with Gasteiger partial charge in [-0.2, -0.15) is 0 Å². The van der Waals surface area contributed by atoms with Crippen LogP contribution in [0.2, 0.25) is 0 Å². The number of aliphatic hydroxyl groups is 1. The maximum atomic E-state index is 9.06. The fraction of sp³-hybridized carbons (Fsp3) is 0.556. The van der Waals surface area contributed by atoms with Crippen molar-refractivity contribution in [2.75, 3.05) is 6.61 Å². The van der Waals surface area contributed by atoms with Gasteiger partial charge in [0.1, 0.15) is 0 Å². The molecule has 2 heteroatoms. The van der Waals surface area contributed by atoms with Crippen LogP contribution in [-0.4, -0.2) is 11.7 Å². The monoisotopic (exact) mass is 170 g/mol. The van der Waals surface area contributed by atoms with E-state index in [0.29, 0.717) is 0 Å². The van der Waals surface area contributed by atoms with Crippen LogP contribution in [0.4, 0.5) is 0 Å². The molecule has 1 N–H and O–H groups in total. The highest BCUT2D eigenvalue weighted by molar-refractivity contribution is 7.12. The number of aryl methyl sites for hydroxylation is 1. The highest BCUT2D eigenvalue weighted by atomic mass is 32.1. The summed E-state index contributed by atoms with van der Waals surface area (Å²) < 4.78 is 0. The maximum Gasteiger partial charge on any atom is 0.0530 e. The Balaban J connectivity index is 2.92. The molecule has 0 bridgehead atoms. The number of thiophene rings is 1. The van der Waals surface area contributed by atoms with Crippen LogP contribution in [0.15, 0.2) is 12.1 Å². The zero-order valence-electron chi connectivity index (χ0n) is 7.22. The third-order valence-corrected chi connectivity index (χ3v) is 3.17. The standard InChI is InChI=1S/C9H14OS/c1-7-4-5-8(11-7)9(2,3)6-10/h4-5,10H,6H2,1-3H3. The van der Waals surface area contributed by atoms with E-state index < -0.39 is 0 Å². The highest BCUT2D eigenvalue weighted by Gasteiger charge is 2.20. The Labute approximate surface area is 71.7 Å². The van der Waals surface area contributed by atoms with Gasteiger partial charge >= 0.3 is 0 Å². The molecule has 0 aromatic carbocycles. The predicted octanol–water partition coefficient (Wildman–Crippen LogP) is 2.33. The van der Waals surface area contributed by atoms with Gasteiger partial charge in [0.15, 0.2) is 0 Å². The summed E-state index contributed by atoms with van der Waals surface area (Å²) in [6.45, 7) is 6.41. The van der Waals surface area contributed by atoms with E-state index in [9.17, 15) is 0 Å². The van der Waals surface area contributed by atoms with E-state index in [0.717, 1.165) is 0 Å². The van der Waals surface area contributed by atoms with Gasteiger partial charge in [-0.25, -0.2) is 0 Å². The van der Waals surface area contributed by atoms with E-state index >= 15 is 0 Å². The molecule has 0 atom stereocenters. The normalized spacial score (nSPS) is 12.0. The Morgan fingerprint density at radius 1 is 1.45 bits per heavy atom. The van der Waals surface area contributed by atoms with Crippen LogP contribution in [0.5, 0.6) is 0 Å². The predicted molar refractivity (Wildman–Crippen MR) is 49.2 cm³/mol. The summed E-state index contributed by atoms with van der Waals surface area (Å²) in [6, 6.07) is 4.19. The Bertz CT molecular complexity index is 237. The lowest BCUT2D eigenvalue weighted by atomic mass is 9.93. The van der Waals surface area contributed by atoms with Gasteiger partial charge in [0.25, 0.3) is 0 Å². The average Bonchev–Trinajstić information content (AvgIpc) is 2.36. The summed E-state index contributed by atoms with van der Waals surface area (Å²) in [5, 5.41) is 9.06. The molecule has 1 heterocycles. The van der Waals surface area contributed by atoms with Gasteiger partial charge in [-0.3, -0.25) is 0 Å². The van der Waals surface area contributed by atoms with Gasteiger partial charge in [-0.15, -0.1) is 11.3 Å². The van der Waals surface area contributed by atoms with E-state index in [1.54, 1.807) is 11.3 Å². The number of hydrogen-bond donors (Lipinski definition) is 1. The van der Waals surface area contributed by atoms with Crippen LogP contribution in [0.3, 0.4) is 0 Å². The molecule has 62 valence electrons. The molecule has 1 rings (SSSR count). The molecule has 0 amide bonds. The topological polar surface area (TPSA) is 20.2 Å². The fourth-order valence-corrected chi connectivity index (χ4v) is 1.84. The summed E-state index contributed by atoms with van der Waals surface area (Å²) >= 11 is 1.76. The zero-order valence-corrected chi connectivity index (χ0v) is 8.03. The Morgan fingerprint density at radius 2 is 2.09 bits per heavy atom. The molecule has 0 unspecified atom stereocenters. The number of rotatable bonds is 2. The molecule has 0 saturated carbocycles. The Kier molecular flexibility index (Phi) is 2.35. The molecular formula is C9H14OS. The molecule has 0 aliphatic rings. The largest absolute Gasteiger partial charge is 0.395 e. The minimum absolute atomic E-state index is 0.0705. The van der Waals surface area contributed by atoms with E-state index in [1.165, 1.54) is 9.75 Å². The second-order valence-corrected chi connectivity index (χ2v) is 4.74. The van der Waals surface area contributed by atoms with Crippen molar-refractivity contribution in [3.63, 3.8) is 0 Å². The first kappa shape index (κ1) is 8.75. The maximum absolute atomic E-state index is 9.06. The summed E-state index contributed by atoms with van der Waals surface area (Å²) in [6.07, 6.45) is 0. The van der Waals surface area contributed by atoms with Crippen molar-refractivity contribution in [2.45, 2.75) is 26.2 Å². The van der Waals surface area contributed by atoms with Crippen LogP contribution in [-0.2, 0) is 5.41 Å². The third-order valence-electron chi connectivity index (χ3n) is 1.80. The van der Waals surface area contributed by atoms with Crippen molar-refractivity contribution in [1.29, 1.82) is 0 Å². The summed E-state index contributed by atoms with van der Waals surface area (Å²) in [5.41, 5.74) is -0.0705. The van der Waals surface area contributed by atoms with Crippen LogP contribution in [0.1, 0.15) is 23.6 Å². The quantitative estimate of drug-likeness (QED) is 0.722. The van der Waals surface area contributed by atoms with Gasteiger partial charge in [-0.05, 0) is 19.1 Å². The van der Waals surface area contributed by atoms with Gasteiger partial charge in [0, 0.05) is 15.2 Å². The molecule has 0 aliphatic carbocycles. The van der Waals surface area contributed by atoms with Crippen LogP contribution in [0.25, 0.3) is 0 Å². The smallest absolute Gasteiger partial charge is 0.0530 e. The molecule has 1 aromatic heterocycles. The van der Waals surface area contributed by atoms with Crippen LogP contribution in [0, 0.1) is 6.92 Å². The van der Waals surface area contributed by atoms with Crippen molar-refractivity contribution in [2.24, 2.45) is 0 Å². The van der Waals surface area contributed by atoms with Crippen LogP contribution >= 0.6 is 11.3 Å². The molecule has 0 fully saturated rings. The first-order valence-corrected chi connectivity index (χ1v) is 4.56. The minimum atomic E-state index is -0.0705. The third kappa shape index (κ3) is 1.82. The van der Waals surface area contributed by atoms with Gasteiger partial charge in [0.05, 0.1) is 6.61 Å². The van der Waals surface area contributed by atoms with Crippen molar-refractivity contribution in [3.8, 4) is 0 Å². The van der Waals surface area contributed by atoms with Crippen LogP contribution < -0.4 is 0 Å². The summed E-state index contributed by atoms with van der Waals surface area (Å²) in [7, 11) is 0. The fourth-order valence-electron chi connectivity index (χ4n) is 0.876. The second-order valence-electron chi connectivity index (χ2n) is 3.45. The molecule has 0 radical (unpaired) electrons. The molecular weight excluding hydrogens is 156 g/mol. The second kappa shape index (κ2) is 2.95. The molecule has 11 heavy (non-hydrogen) atoms. The van der Waals surface area contributed by atoms with Gasteiger partial charge in [-0.1, -0.05) is 13.8 Å². The van der Waals surface area contributed by atoms with Crippen molar-refractivity contribution in [3.05, 3.63) is 21.9 Å². The molecule has 0 spiro atoms. The molecule has 1 aromatic rings. The Morgan fingerprint density at radius 3 is 2.45 bits per heavy atom. The van der Waals surface area contributed by atoms with Crippen molar-refractivity contribution < 1.29 is 5.11 Å². The van der Waals surface area contributed by atoms with Gasteiger partial charge in [0.2, 0.25) is 0 Å². The minimum Gasteiger partial charge on any atom is -0.395 e. The Hall–Kier alpha value is -0.340. The van der Waals surface area contributed by atoms with Gasteiger partial charge < -0.3 is 5.11 Å². The number of aliphatic hydroxyl groups excluding tert-OH is 1. The lowest BCUT2D eigenvalue weighted by molar-refractivity contribution is 0.221. The SMILES string of the molecule is Cc1ccc(C(C)(C)CO)s1. The lowest BCUT2D eigenvalue weighted by Gasteiger charge is -2.19. The number of hydrogen-bond acceptors (Lipinski definition) is 2. The van der Waals surface area contributed by atoms with E-state index in [2.05, 4.69) is 32.9 Å².